The van der Waals surface area contributed by atoms with Crippen LogP contribution in [0.15, 0.2) is 24.3 Å². The second kappa shape index (κ2) is 4.87. The average Bonchev–Trinajstić information content (AvgIpc) is 2.76. The summed E-state index contributed by atoms with van der Waals surface area (Å²) in [5, 5.41) is 10.5. The molecule has 1 aliphatic rings. The van der Waals surface area contributed by atoms with Crippen LogP contribution in [0.1, 0.15) is 27.0 Å². The molecule has 1 aromatic heterocycles. The largest absolute Gasteiger partial charge is 0.486 e. The minimum Gasteiger partial charge on any atom is -0.486 e. The van der Waals surface area contributed by atoms with Gasteiger partial charge in [0.25, 0.3) is 0 Å². The number of ether oxygens (including phenoxy) is 2. The molecule has 0 spiro atoms. The van der Waals surface area contributed by atoms with E-state index in [9.17, 15) is 5.11 Å². The second-order valence-corrected chi connectivity index (χ2v) is 6.00. The maximum Gasteiger partial charge on any atom is 0.161 e. The fourth-order valence-electron chi connectivity index (χ4n) is 2.31. The molecule has 1 aliphatic heterocycles. The van der Waals surface area contributed by atoms with Gasteiger partial charge >= 0.3 is 0 Å². The van der Waals surface area contributed by atoms with Crippen molar-refractivity contribution in [1.82, 2.24) is 0 Å². The third kappa shape index (κ3) is 2.33. The van der Waals surface area contributed by atoms with Gasteiger partial charge in [-0.05, 0) is 43.2 Å². The molecule has 0 radical (unpaired) electrons. The summed E-state index contributed by atoms with van der Waals surface area (Å²) in [6, 6.07) is 7.73. The van der Waals surface area contributed by atoms with E-state index >= 15 is 0 Å². The first kappa shape index (κ1) is 12.5. The Morgan fingerprint density at radius 2 is 1.84 bits per heavy atom. The first-order chi connectivity index (χ1) is 9.15. The van der Waals surface area contributed by atoms with Crippen molar-refractivity contribution in [2.24, 2.45) is 0 Å². The lowest BCUT2D eigenvalue weighted by atomic mass is 10.0. The van der Waals surface area contributed by atoms with E-state index in [0.717, 1.165) is 21.8 Å². The molecule has 2 heterocycles. The standard InChI is InChI=1S/C15H16O3S/c1-9-7-10(2)19-15(9)14(16)11-3-4-12-13(8-11)18-6-5-17-12/h3-4,7-8,14,16H,5-6H2,1-2H3. The summed E-state index contributed by atoms with van der Waals surface area (Å²) in [7, 11) is 0. The topological polar surface area (TPSA) is 38.7 Å². The lowest BCUT2D eigenvalue weighted by molar-refractivity contribution is 0.170. The van der Waals surface area contributed by atoms with Crippen molar-refractivity contribution in [3.63, 3.8) is 0 Å². The number of aliphatic hydroxyl groups is 1. The summed E-state index contributed by atoms with van der Waals surface area (Å²) in [6.45, 7) is 5.22. The van der Waals surface area contributed by atoms with Crippen molar-refractivity contribution >= 4 is 11.3 Å². The zero-order valence-corrected chi connectivity index (χ0v) is 11.8. The molecule has 0 saturated carbocycles. The Balaban J connectivity index is 1.95. The molecule has 1 atom stereocenters. The molecule has 19 heavy (non-hydrogen) atoms. The van der Waals surface area contributed by atoms with E-state index in [1.165, 1.54) is 4.88 Å². The van der Waals surface area contributed by atoms with Crippen molar-refractivity contribution in [1.29, 1.82) is 0 Å². The molecule has 0 saturated heterocycles. The molecular formula is C15H16O3S. The van der Waals surface area contributed by atoms with Gasteiger partial charge in [-0.25, -0.2) is 0 Å². The van der Waals surface area contributed by atoms with E-state index in [1.54, 1.807) is 11.3 Å². The molecule has 3 rings (SSSR count). The molecule has 3 nitrogen and oxygen atoms in total. The van der Waals surface area contributed by atoms with Crippen molar-refractivity contribution in [2.75, 3.05) is 13.2 Å². The van der Waals surface area contributed by atoms with Crippen molar-refractivity contribution in [2.45, 2.75) is 20.0 Å². The van der Waals surface area contributed by atoms with E-state index in [4.69, 9.17) is 9.47 Å². The van der Waals surface area contributed by atoms with Crippen molar-refractivity contribution in [3.05, 3.63) is 45.1 Å². The number of thiophene rings is 1. The predicted molar refractivity (Wildman–Crippen MR) is 75.3 cm³/mol. The molecule has 1 N–H and O–H groups in total. The Labute approximate surface area is 116 Å². The second-order valence-electron chi connectivity index (χ2n) is 4.71. The van der Waals surface area contributed by atoms with E-state index in [-0.39, 0.29) is 0 Å². The SMILES string of the molecule is Cc1cc(C)c(C(O)c2ccc3c(c2)OCCO3)s1. The zero-order chi connectivity index (χ0) is 13.4. The molecule has 100 valence electrons. The zero-order valence-electron chi connectivity index (χ0n) is 11.0. The molecule has 0 fully saturated rings. The van der Waals surface area contributed by atoms with Gasteiger partial charge in [-0.2, -0.15) is 0 Å². The number of aliphatic hydroxyl groups excluding tert-OH is 1. The molecule has 0 amide bonds. The van der Waals surface area contributed by atoms with Gasteiger partial charge in [-0.3, -0.25) is 0 Å². The minimum absolute atomic E-state index is 0.559. The lowest BCUT2D eigenvalue weighted by Crippen LogP contribution is -2.15. The Morgan fingerprint density at radius 1 is 1.11 bits per heavy atom. The quantitative estimate of drug-likeness (QED) is 0.915. The molecular weight excluding hydrogens is 260 g/mol. The molecule has 0 bridgehead atoms. The average molecular weight is 276 g/mol. The van der Waals surface area contributed by atoms with E-state index < -0.39 is 6.10 Å². The van der Waals surface area contributed by atoms with Crippen molar-refractivity contribution in [3.8, 4) is 11.5 Å². The summed E-state index contributed by atoms with van der Waals surface area (Å²) in [5.41, 5.74) is 1.97. The fraction of sp³-hybridized carbons (Fsp3) is 0.333. The number of hydrogen-bond donors (Lipinski definition) is 1. The van der Waals surface area contributed by atoms with E-state index in [1.807, 2.05) is 25.1 Å². The Kier molecular flexibility index (Phi) is 3.21. The summed E-state index contributed by atoms with van der Waals surface area (Å²) < 4.78 is 11.0. The number of fused-ring (bicyclic) bond motifs is 1. The summed E-state index contributed by atoms with van der Waals surface area (Å²) >= 11 is 1.63. The Hall–Kier alpha value is -1.52. The van der Waals surface area contributed by atoms with Crippen LogP contribution in [0.2, 0.25) is 0 Å². The highest BCUT2D eigenvalue weighted by atomic mass is 32.1. The highest BCUT2D eigenvalue weighted by Crippen LogP contribution is 2.37. The maximum atomic E-state index is 10.5. The van der Waals surface area contributed by atoms with Gasteiger partial charge in [-0.15, -0.1) is 11.3 Å². The maximum absolute atomic E-state index is 10.5. The Morgan fingerprint density at radius 3 is 2.53 bits per heavy atom. The van der Waals surface area contributed by atoms with Gasteiger partial charge in [0.15, 0.2) is 11.5 Å². The third-order valence-corrected chi connectivity index (χ3v) is 4.41. The number of rotatable bonds is 2. The van der Waals surface area contributed by atoms with Crippen LogP contribution in [0, 0.1) is 13.8 Å². The smallest absolute Gasteiger partial charge is 0.161 e. The molecule has 1 aromatic carbocycles. The number of benzene rings is 1. The molecule has 2 aromatic rings. The molecule has 4 heteroatoms. The monoisotopic (exact) mass is 276 g/mol. The highest BCUT2D eigenvalue weighted by Gasteiger charge is 2.19. The van der Waals surface area contributed by atoms with E-state index in [2.05, 4.69) is 13.0 Å². The first-order valence-electron chi connectivity index (χ1n) is 6.29. The van der Waals surface area contributed by atoms with Crippen LogP contribution in [0.5, 0.6) is 11.5 Å². The van der Waals surface area contributed by atoms with Gasteiger partial charge in [0, 0.05) is 9.75 Å². The van der Waals surface area contributed by atoms with Crippen LogP contribution < -0.4 is 9.47 Å². The third-order valence-electron chi connectivity index (χ3n) is 3.21. The van der Waals surface area contributed by atoms with Gasteiger partial charge in [0.2, 0.25) is 0 Å². The van der Waals surface area contributed by atoms with Crippen LogP contribution in [0.3, 0.4) is 0 Å². The van der Waals surface area contributed by atoms with Crippen LogP contribution >= 0.6 is 11.3 Å². The highest BCUT2D eigenvalue weighted by molar-refractivity contribution is 7.12. The first-order valence-corrected chi connectivity index (χ1v) is 7.11. The number of aryl methyl sites for hydroxylation is 2. The van der Waals surface area contributed by atoms with Crippen LogP contribution in [0.25, 0.3) is 0 Å². The van der Waals surface area contributed by atoms with Crippen molar-refractivity contribution < 1.29 is 14.6 Å². The van der Waals surface area contributed by atoms with Crippen LogP contribution in [-0.2, 0) is 0 Å². The predicted octanol–water partition coefficient (Wildman–Crippen LogP) is 3.22. The Bertz CT molecular complexity index is 603. The summed E-state index contributed by atoms with van der Waals surface area (Å²) in [6.07, 6.45) is -0.602. The summed E-state index contributed by atoms with van der Waals surface area (Å²) in [5.74, 6) is 1.47. The van der Waals surface area contributed by atoms with E-state index in [0.29, 0.717) is 19.0 Å². The van der Waals surface area contributed by atoms with Crippen LogP contribution in [0.4, 0.5) is 0 Å². The minimum atomic E-state index is -0.602. The number of hydrogen-bond acceptors (Lipinski definition) is 4. The molecule has 0 aliphatic carbocycles. The fourth-order valence-corrected chi connectivity index (χ4v) is 3.36. The van der Waals surface area contributed by atoms with Gasteiger partial charge < -0.3 is 14.6 Å². The van der Waals surface area contributed by atoms with Gasteiger partial charge in [0.1, 0.15) is 19.3 Å². The lowest BCUT2D eigenvalue weighted by Gasteiger charge is -2.20. The summed E-state index contributed by atoms with van der Waals surface area (Å²) in [4.78, 5) is 2.21. The van der Waals surface area contributed by atoms with Gasteiger partial charge in [0.05, 0.1) is 0 Å². The van der Waals surface area contributed by atoms with Crippen LogP contribution in [-0.4, -0.2) is 18.3 Å². The van der Waals surface area contributed by atoms with Gasteiger partial charge in [-0.1, -0.05) is 6.07 Å². The molecule has 1 unspecified atom stereocenters. The normalized spacial score (nSPS) is 15.3.